The Balaban J connectivity index is 2.15. The summed E-state index contributed by atoms with van der Waals surface area (Å²) in [5.41, 5.74) is 2.27. The van der Waals surface area contributed by atoms with E-state index in [1.807, 2.05) is 26.8 Å². The zero-order valence-electron chi connectivity index (χ0n) is 11.9. The van der Waals surface area contributed by atoms with Crippen molar-refractivity contribution in [3.05, 3.63) is 39.3 Å². The van der Waals surface area contributed by atoms with Gasteiger partial charge in [-0.3, -0.25) is 0 Å². The molecule has 0 saturated heterocycles. The summed E-state index contributed by atoms with van der Waals surface area (Å²) in [4.78, 5) is 16.8. The number of carboxylic acids is 1. The van der Waals surface area contributed by atoms with Gasteiger partial charge in [-0.2, -0.15) is 0 Å². The molecule has 0 aliphatic carbocycles. The van der Waals surface area contributed by atoms with Crippen molar-refractivity contribution >= 4 is 28.3 Å². The van der Waals surface area contributed by atoms with Crippen molar-refractivity contribution < 1.29 is 9.90 Å². The largest absolute Gasteiger partial charge is 0.478 e. The second-order valence-corrected chi connectivity index (χ2v) is 6.11. The highest BCUT2D eigenvalue weighted by Gasteiger charge is 2.20. The van der Waals surface area contributed by atoms with E-state index in [2.05, 4.69) is 15.3 Å². The van der Waals surface area contributed by atoms with E-state index in [-0.39, 0.29) is 11.6 Å². The number of rotatable bonds is 3. The van der Waals surface area contributed by atoms with Crippen LogP contribution in [0.5, 0.6) is 0 Å². The third kappa shape index (κ3) is 2.19. The van der Waals surface area contributed by atoms with Crippen molar-refractivity contribution in [2.24, 2.45) is 0 Å². The zero-order chi connectivity index (χ0) is 15.1. The van der Waals surface area contributed by atoms with E-state index < -0.39 is 5.97 Å². The van der Waals surface area contributed by atoms with Gasteiger partial charge in [-0.25, -0.2) is 14.5 Å². The fourth-order valence-electron chi connectivity index (χ4n) is 2.47. The lowest BCUT2D eigenvalue weighted by atomic mass is 10.1. The maximum Gasteiger partial charge on any atom is 0.338 e. The van der Waals surface area contributed by atoms with Gasteiger partial charge in [-0.15, -0.1) is 16.4 Å². The molecule has 0 spiro atoms. The molecule has 1 atom stereocenters. The summed E-state index contributed by atoms with van der Waals surface area (Å²) >= 11 is 1.62. The van der Waals surface area contributed by atoms with E-state index in [1.54, 1.807) is 22.1 Å². The summed E-state index contributed by atoms with van der Waals surface area (Å²) in [5, 5.41) is 18.4. The normalized spacial score (nSPS) is 12.7. The Kier molecular flexibility index (Phi) is 3.21. The van der Waals surface area contributed by atoms with Crippen LogP contribution in [0.4, 0.5) is 0 Å². The summed E-state index contributed by atoms with van der Waals surface area (Å²) in [6, 6.07) is 5.05. The molecule has 0 amide bonds. The molecule has 1 N–H and O–H groups in total. The van der Waals surface area contributed by atoms with Crippen LogP contribution in [0, 0.1) is 13.8 Å². The lowest BCUT2D eigenvalue weighted by Crippen LogP contribution is -2.08. The number of carboxylic acid groups (broad SMARTS) is 1. The number of hydrogen-bond acceptors (Lipinski definition) is 5. The van der Waals surface area contributed by atoms with Gasteiger partial charge in [0.1, 0.15) is 5.52 Å². The quantitative estimate of drug-likeness (QED) is 0.804. The summed E-state index contributed by atoms with van der Waals surface area (Å²) in [7, 11) is 0. The number of thiazole rings is 1. The maximum absolute atomic E-state index is 11.2. The molecule has 1 unspecified atom stereocenters. The number of fused-ring (bicyclic) bond motifs is 1. The fraction of sp³-hybridized carbons (Fsp3) is 0.286. The number of carbonyl (C=O) groups is 1. The van der Waals surface area contributed by atoms with Gasteiger partial charge in [0.15, 0.2) is 0 Å². The molecule has 6 nitrogen and oxygen atoms in total. The average Bonchev–Trinajstić information content (AvgIpc) is 3.00. The monoisotopic (exact) mass is 302 g/mol. The predicted molar refractivity (Wildman–Crippen MR) is 79.9 cm³/mol. The molecule has 7 heteroatoms. The standard InChI is InChI=1S/C14H14N4O2S/c1-7-13(21-9(3)15-7)8(2)18-11-6-4-5-10(14(19)20)12(11)16-17-18/h4-6,8H,1-3H3,(H,19,20). The molecule has 0 bridgehead atoms. The van der Waals surface area contributed by atoms with Gasteiger partial charge in [0, 0.05) is 0 Å². The zero-order valence-corrected chi connectivity index (χ0v) is 12.7. The highest BCUT2D eigenvalue weighted by Crippen LogP contribution is 2.29. The Morgan fingerprint density at radius 3 is 2.76 bits per heavy atom. The molecule has 2 aromatic heterocycles. The fourth-order valence-corrected chi connectivity index (χ4v) is 3.43. The lowest BCUT2D eigenvalue weighted by Gasteiger charge is -2.11. The average molecular weight is 302 g/mol. The number of hydrogen-bond donors (Lipinski definition) is 1. The van der Waals surface area contributed by atoms with Gasteiger partial charge in [0.05, 0.1) is 32.7 Å². The molecule has 0 fully saturated rings. The Bertz CT molecular complexity index is 837. The lowest BCUT2D eigenvalue weighted by molar-refractivity contribution is 0.0699. The first-order valence-electron chi connectivity index (χ1n) is 6.50. The van der Waals surface area contributed by atoms with Crippen molar-refractivity contribution in [3.8, 4) is 0 Å². The van der Waals surface area contributed by atoms with Crippen molar-refractivity contribution in [2.75, 3.05) is 0 Å². The summed E-state index contributed by atoms with van der Waals surface area (Å²) in [6.45, 7) is 5.95. The molecule has 0 aliphatic rings. The maximum atomic E-state index is 11.2. The topological polar surface area (TPSA) is 80.9 Å². The van der Waals surface area contributed by atoms with Crippen LogP contribution in [-0.4, -0.2) is 31.1 Å². The molecule has 3 rings (SSSR count). The second-order valence-electron chi connectivity index (χ2n) is 4.87. The third-order valence-electron chi connectivity index (χ3n) is 3.42. The number of aryl methyl sites for hydroxylation is 2. The van der Waals surface area contributed by atoms with E-state index in [1.165, 1.54) is 6.07 Å². The molecule has 21 heavy (non-hydrogen) atoms. The molecule has 0 aliphatic heterocycles. The molecule has 108 valence electrons. The van der Waals surface area contributed by atoms with Crippen LogP contribution in [0.3, 0.4) is 0 Å². The summed E-state index contributed by atoms with van der Waals surface area (Å²) in [5.74, 6) is -0.995. The van der Waals surface area contributed by atoms with Crippen molar-refractivity contribution in [3.63, 3.8) is 0 Å². The van der Waals surface area contributed by atoms with Gasteiger partial charge < -0.3 is 5.11 Å². The van der Waals surface area contributed by atoms with Gasteiger partial charge in [-0.05, 0) is 32.9 Å². The molecule has 3 aromatic rings. The van der Waals surface area contributed by atoms with Gasteiger partial charge in [0.2, 0.25) is 0 Å². The Labute approximate surface area is 125 Å². The van der Waals surface area contributed by atoms with Crippen LogP contribution in [-0.2, 0) is 0 Å². The van der Waals surface area contributed by atoms with Crippen LogP contribution < -0.4 is 0 Å². The Morgan fingerprint density at radius 2 is 2.14 bits per heavy atom. The molecule has 0 radical (unpaired) electrons. The van der Waals surface area contributed by atoms with Crippen molar-refractivity contribution in [1.82, 2.24) is 20.0 Å². The van der Waals surface area contributed by atoms with Gasteiger partial charge in [0.25, 0.3) is 0 Å². The van der Waals surface area contributed by atoms with E-state index in [4.69, 9.17) is 0 Å². The van der Waals surface area contributed by atoms with E-state index in [9.17, 15) is 9.90 Å². The van der Waals surface area contributed by atoms with E-state index in [0.717, 1.165) is 15.6 Å². The number of aromatic carboxylic acids is 1. The smallest absolute Gasteiger partial charge is 0.338 e. The first-order valence-corrected chi connectivity index (χ1v) is 7.32. The molecule has 1 aromatic carbocycles. The predicted octanol–water partition coefficient (Wildman–Crippen LogP) is 2.81. The van der Waals surface area contributed by atoms with Crippen LogP contribution in [0.25, 0.3) is 11.0 Å². The Morgan fingerprint density at radius 1 is 1.38 bits per heavy atom. The van der Waals surface area contributed by atoms with Crippen LogP contribution >= 0.6 is 11.3 Å². The van der Waals surface area contributed by atoms with Gasteiger partial charge >= 0.3 is 5.97 Å². The SMILES string of the molecule is Cc1nc(C)c(C(C)n2nnc3c(C(=O)O)cccc32)s1. The van der Waals surface area contributed by atoms with Crippen molar-refractivity contribution in [2.45, 2.75) is 26.8 Å². The molecule has 2 heterocycles. The number of nitrogens with zero attached hydrogens (tertiary/aromatic N) is 4. The molecular formula is C14H14N4O2S. The van der Waals surface area contributed by atoms with Gasteiger partial charge in [-0.1, -0.05) is 11.3 Å². The van der Waals surface area contributed by atoms with E-state index >= 15 is 0 Å². The first-order chi connectivity index (χ1) is 9.99. The summed E-state index contributed by atoms with van der Waals surface area (Å²) < 4.78 is 1.75. The highest BCUT2D eigenvalue weighted by atomic mass is 32.1. The minimum absolute atomic E-state index is 0.0368. The number of aromatic nitrogens is 4. The van der Waals surface area contributed by atoms with Crippen LogP contribution in [0.2, 0.25) is 0 Å². The number of benzene rings is 1. The highest BCUT2D eigenvalue weighted by molar-refractivity contribution is 7.11. The van der Waals surface area contributed by atoms with Crippen LogP contribution in [0.1, 0.15) is 38.9 Å². The minimum atomic E-state index is -0.995. The van der Waals surface area contributed by atoms with E-state index in [0.29, 0.717) is 11.0 Å². The molecule has 0 saturated carbocycles. The Hall–Kier alpha value is -2.28. The first kappa shape index (κ1) is 13.7. The molecular weight excluding hydrogens is 288 g/mol. The minimum Gasteiger partial charge on any atom is -0.478 e. The summed E-state index contributed by atoms with van der Waals surface area (Å²) in [6.07, 6.45) is 0. The second kappa shape index (κ2) is 4.92. The van der Waals surface area contributed by atoms with Crippen LogP contribution in [0.15, 0.2) is 18.2 Å². The third-order valence-corrected chi connectivity index (χ3v) is 4.66. The van der Waals surface area contributed by atoms with Crippen molar-refractivity contribution in [1.29, 1.82) is 0 Å².